The van der Waals surface area contributed by atoms with Crippen LogP contribution in [0.25, 0.3) is 10.2 Å². The van der Waals surface area contributed by atoms with Gasteiger partial charge >= 0.3 is 0 Å². The van der Waals surface area contributed by atoms with Crippen molar-refractivity contribution in [1.82, 2.24) is 4.98 Å². The summed E-state index contributed by atoms with van der Waals surface area (Å²) < 4.78 is 12.3. The number of anilines is 1. The van der Waals surface area contributed by atoms with Gasteiger partial charge in [0, 0.05) is 17.7 Å². The van der Waals surface area contributed by atoms with E-state index in [-0.39, 0.29) is 5.91 Å². The molecule has 0 spiro atoms. The molecule has 0 saturated carbocycles. The maximum absolute atomic E-state index is 13.1. The zero-order valence-electron chi connectivity index (χ0n) is 15.4. The molecule has 0 aliphatic carbocycles. The zero-order chi connectivity index (χ0) is 18.8. The van der Waals surface area contributed by atoms with E-state index in [2.05, 4.69) is 14.1 Å². The Hall–Kier alpha value is -2.64. The second-order valence-corrected chi connectivity index (χ2v) is 7.75. The summed E-state index contributed by atoms with van der Waals surface area (Å²) in [7, 11) is 4.15. The van der Waals surface area contributed by atoms with Gasteiger partial charge in [-0.3, -0.25) is 9.69 Å². The molecular weight excluding hydrogens is 362 g/mol. The Morgan fingerprint density at radius 1 is 1.15 bits per heavy atom. The van der Waals surface area contributed by atoms with Crippen LogP contribution in [0, 0.1) is 0 Å². The highest BCUT2D eigenvalue weighted by atomic mass is 32.1. The number of hydrogen-bond acceptors (Lipinski definition) is 5. The molecule has 1 aromatic heterocycles. The lowest BCUT2D eigenvalue weighted by Crippen LogP contribution is -3.06. The predicted molar refractivity (Wildman–Crippen MR) is 106 cm³/mol. The minimum Gasteiger partial charge on any atom is -0.486 e. The molecule has 1 aliphatic rings. The number of fused-ring (bicyclic) bond motifs is 2. The molecule has 1 amide bonds. The molecule has 140 valence electrons. The third-order valence-electron chi connectivity index (χ3n) is 4.37. The Labute approximate surface area is 161 Å². The quantitative estimate of drug-likeness (QED) is 0.730. The molecule has 1 N–H and O–H groups in total. The number of ether oxygens (including phenoxy) is 2. The Balaban J connectivity index is 1.71. The minimum atomic E-state index is -0.0341. The van der Waals surface area contributed by atoms with E-state index in [0.29, 0.717) is 36.2 Å². The Morgan fingerprint density at radius 2 is 1.85 bits per heavy atom. The van der Waals surface area contributed by atoms with Crippen molar-refractivity contribution in [2.45, 2.75) is 0 Å². The summed E-state index contributed by atoms with van der Waals surface area (Å²) in [6, 6.07) is 13.2. The Kier molecular flexibility index (Phi) is 4.96. The van der Waals surface area contributed by atoms with Gasteiger partial charge in [-0.25, -0.2) is 4.98 Å². The van der Waals surface area contributed by atoms with Gasteiger partial charge < -0.3 is 14.4 Å². The van der Waals surface area contributed by atoms with Crippen LogP contribution in [0.5, 0.6) is 11.5 Å². The van der Waals surface area contributed by atoms with Gasteiger partial charge in [-0.1, -0.05) is 29.5 Å². The monoisotopic (exact) mass is 384 g/mol. The molecule has 0 unspecified atom stereocenters. The molecule has 0 bridgehead atoms. The van der Waals surface area contributed by atoms with Gasteiger partial charge in [0.15, 0.2) is 16.6 Å². The maximum Gasteiger partial charge on any atom is 0.260 e. The lowest BCUT2D eigenvalue weighted by Gasteiger charge is -2.20. The molecular formula is C20H22N3O3S+. The molecule has 0 atom stereocenters. The number of benzene rings is 2. The molecule has 0 radical (unpaired) electrons. The van der Waals surface area contributed by atoms with Crippen LogP contribution in [0.15, 0.2) is 42.5 Å². The van der Waals surface area contributed by atoms with E-state index in [4.69, 9.17) is 14.5 Å². The summed E-state index contributed by atoms with van der Waals surface area (Å²) >= 11 is 1.50. The number of nitrogens with one attached hydrogen (secondary N) is 1. The summed E-state index contributed by atoms with van der Waals surface area (Å²) in [5.41, 5.74) is 1.48. The predicted octanol–water partition coefficient (Wildman–Crippen LogP) is 1.86. The third-order valence-corrected chi connectivity index (χ3v) is 5.41. The fraction of sp³-hybridized carbons (Fsp3) is 0.300. The first-order valence-corrected chi connectivity index (χ1v) is 9.79. The van der Waals surface area contributed by atoms with Crippen molar-refractivity contribution in [2.75, 3.05) is 45.3 Å². The van der Waals surface area contributed by atoms with Crippen LogP contribution < -0.4 is 19.3 Å². The fourth-order valence-corrected chi connectivity index (χ4v) is 3.92. The largest absolute Gasteiger partial charge is 0.486 e. The zero-order valence-corrected chi connectivity index (χ0v) is 16.2. The lowest BCUT2D eigenvalue weighted by atomic mass is 10.2. The smallest absolute Gasteiger partial charge is 0.260 e. The molecule has 0 saturated heterocycles. The molecule has 2 aromatic carbocycles. The molecule has 7 heteroatoms. The number of thiazole rings is 1. The number of aromatic nitrogens is 1. The van der Waals surface area contributed by atoms with Crippen LogP contribution in [0.1, 0.15) is 10.4 Å². The molecule has 0 fully saturated rings. The second kappa shape index (κ2) is 7.54. The topological polar surface area (TPSA) is 56.1 Å². The number of hydrogen-bond donors (Lipinski definition) is 1. The van der Waals surface area contributed by atoms with Gasteiger partial charge in [0.2, 0.25) is 0 Å². The second-order valence-electron chi connectivity index (χ2n) is 6.74. The Morgan fingerprint density at radius 3 is 2.56 bits per heavy atom. The summed E-state index contributed by atoms with van der Waals surface area (Å²) in [5.74, 6) is 1.42. The summed E-state index contributed by atoms with van der Waals surface area (Å²) in [4.78, 5) is 20.9. The average Bonchev–Trinajstić information content (AvgIpc) is 3.09. The SMILES string of the molecule is C[NH+](C)CCN(C(=O)c1ccccc1)c1nc2cc3c(cc2s1)OCCO3. The van der Waals surface area contributed by atoms with Crippen molar-refractivity contribution < 1.29 is 19.2 Å². The number of quaternary nitrogens is 1. The van der Waals surface area contributed by atoms with Crippen molar-refractivity contribution in [1.29, 1.82) is 0 Å². The van der Waals surface area contributed by atoms with E-state index in [9.17, 15) is 4.79 Å². The van der Waals surface area contributed by atoms with Crippen LogP contribution >= 0.6 is 11.3 Å². The van der Waals surface area contributed by atoms with Gasteiger partial charge in [0.25, 0.3) is 5.91 Å². The number of rotatable bonds is 5. The van der Waals surface area contributed by atoms with Crippen molar-refractivity contribution in [3.63, 3.8) is 0 Å². The summed E-state index contributed by atoms with van der Waals surface area (Å²) in [6.45, 7) is 2.52. The first kappa shape index (κ1) is 17.8. The van der Waals surface area contributed by atoms with E-state index in [1.807, 2.05) is 42.5 Å². The normalized spacial score (nSPS) is 13.1. The van der Waals surface area contributed by atoms with E-state index < -0.39 is 0 Å². The van der Waals surface area contributed by atoms with Crippen molar-refractivity contribution in [3.05, 3.63) is 48.0 Å². The van der Waals surface area contributed by atoms with Crippen LogP contribution in [0.4, 0.5) is 5.13 Å². The van der Waals surface area contributed by atoms with Gasteiger partial charge in [0.05, 0.1) is 37.4 Å². The molecule has 4 rings (SSSR count). The Bertz CT molecular complexity index is 913. The highest BCUT2D eigenvalue weighted by molar-refractivity contribution is 7.22. The van der Waals surface area contributed by atoms with Crippen molar-refractivity contribution in [2.24, 2.45) is 0 Å². The fourth-order valence-electron chi connectivity index (χ4n) is 2.92. The number of likely N-dealkylation sites (N-methyl/N-ethyl adjacent to an activating group) is 1. The van der Waals surface area contributed by atoms with Crippen molar-refractivity contribution >= 4 is 32.6 Å². The van der Waals surface area contributed by atoms with E-state index >= 15 is 0 Å². The first-order valence-electron chi connectivity index (χ1n) is 8.98. The van der Waals surface area contributed by atoms with E-state index in [0.717, 1.165) is 22.5 Å². The summed E-state index contributed by atoms with van der Waals surface area (Å²) in [6.07, 6.45) is 0. The molecule has 1 aliphatic heterocycles. The standard InChI is InChI=1S/C20H21N3O3S/c1-22(2)8-9-23(19(24)14-6-4-3-5-7-14)20-21-15-12-16-17(13-18(15)27-20)26-11-10-25-16/h3-7,12-13H,8-11H2,1-2H3/p+1. The van der Waals surface area contributed by atoms with Crippen LogP contribution in [0.3, 0.4) is 0 Å². The minimum absolute atomic E-state index is 0.0341. The van der Waals surface area contributed by atoms with Gasteiger partial charge in [0.1, 0.15) is 13.2 Å². The third kappa shape index (κ3) is 3.74. The van der Waals surface area contributed by atoms with E-state index in [1.165, 1.54) is 16.2 Å². The highest BCUT2D eigenvalue weighted by Gasteiger charge is 2.23. The first-order chi connectivity index (χ1) is 13.1. The van der Waals surface area contributed by atoms with Crippen LogP contribution in [-0.2, 0) is 0 Å². The number of nitrogens with zero attached hydrogens (tertiary/aromatic N) is 2. The highest BCUT2D eigenvalue weighted by Crippen LogP contribution is 2.38. The van der Waals surface area contributed by atoms with Gasteiger partial charge in [-0.2, -0.15) is 0 Å². The number of carbonyl (C=O) groups excluding carboxylic acids is 1. The molecule has 27 heavy (non-hydrogen) atoms. The van der Waals surface area contributed by atoms with Crippen LogP contribution in [0.2, 0.25) is 0 Å². The van der Waals surface area contributed by atoms with Gasteiger partial charge in [-0.15, -0.1) is 0 Å². The maximum atomic E-state index is 13.1. The molecule has 3 aromatic rings. The van der Waals surface area contributed by atoms with Crippen molar-refractivity contribution in [3.8, 4) is 11.5 Å². The lowest BCUT2D eigenvalue weighted by molar-refractivity contribution is -0.856. The summed E-state index contributed by atoms with van der Waals surface area (Å²) in [5, 5.41) is 0.697. The van der Waals surface area contributed by atoms with Gasteiger partial charge in [-0.05, 0) is 12.1 Å². The molecule has 2 heterocycles. The van der Waals surface area contributed by atoms with Crippen LogP contribution in [-0.4, -0.2) is 51.3 Å². The number of amides is 1. The molecule has 6 nitrogen and oxygen atoms in total. The number of carbonyl (C=O) groups is 1. The van der Waals surface area contributed by atoms with E-state index in [1.54, 1.807) is 4.90 Å². The average molecular weight is 384 g/mol.